The average Bonchev–Trinajstić information content (AvgIpc) is 1.45. The van der Waals surface area contributed by atoms with Gasteiger partial charge in [-0.25, -0.2) is 13.6 Å². The molecule has 3 heterocycles. The number of hydrazine groups is 4. The fourth-order valence-electron chi connectivity index (χ4n) is 21.1. The van der Waals surface area contributed by atoms with Crippen LogP contribution in [0.25, 0.3) is 0 Å². The molecule has 45 heteroatoms. The third-order valence-corrected chi connectivity index (χ3v) is 29.1. The number of likely N-dealkylation sites (N-methyl/N-ethyl adjacent to an activating group) is 2. The van der Waals surface area contributed by atoms with Crippen LogP contribution in [0, 0.1) is 34.5 Å². The minimum atomic E-state index is -2.40. The first-order chi connectivity index (χ1) is 72.3. The summed E-state index contributed by atoms with van der Waals surface area (Å²) in [7, 11) is 8.10. The summed E-state index contributed by atoms with van der Waals surface area (Å²) in [4.78, 5) is 136. The summed E-state index contributed by atoms with van der Waals surface area (Å²) in [6.07, 6.45) is 8.54. The number of alkyl halides is 2. The van der Waals surface area contributed by atoms with Crippen LogP contribution in [-0.2, 0) is 114 Å². The van der Waals surface area contributed by atoms with Crippen LogP contribution in [0.1, 0.15) is 182 Å². The monoisotopic (exact) mass is 2130 g/mol. The maximum Gasteiger partial charge on any atom is 0.312 e. The number of hydrogen-bond donors (Lipinski definition) is 14. The molecule has 0 bridgehead atoms. The van der Waals surface area contributed by atoms with Crippen molar-refractivity contribution in [3.05, 3.63) is 70.9 Å². The second-order valence-corrected chi connectivity index (χ2v) is 41.4. The number of halogens is 2. The van der Waals surface area contributed by atoms with Crippen molar-refractivity contribution in [1.29, 1.82) is 0 Å². The number of Topliss-reactive ketones (excluding diaryl/α,β-unsaturated/α-hetero) is 2. The molecule has 0 aromatic heterocycles. The Morgan fingerprint density at radius 3 is 1.65 bits per heavy atom. The molecule has 15 atom stereocenters. The number of carbonyl (C=O) groups excluding carboxylic acids is 10. The van der Waals surface area contributed by atoms with Gasteiger partial charge in [-0.05, 0) is 164 Å². The lowest BCUT2D eigenvalue weighted by Crippen LogP contribution is -2.71. The van der Waals surface area contributed by atoms with Gasteiger partial charge in [0, 0.05) is 73.8 Å². The van der Waals surface area contributed by atoms with Gasteiger partial charge in [-0.3, -0.25) is 53.2 Å². The molecule has 3 unspecified atom stereocenters. The van der Waals surface area contributed by atoms with Crippen molar-refractivity contribution >= 4 is 64.5 Å². The van der Waals surface area contributed by atoms with Crippen LogP contribution in [0.3, 0.4) is 0 Å². The summed E-state index contributed by atoms with van der Waals surface area (Å²) < 4.78 is 130. The van der Waals surface area contributed by atoms with Crippen LogP contribution in [0.5, 0.6) is 5.75 Å². The van der Waals surface area contributed by atoms with E-state index in [2.05, 4.69) is 90.6 Å². The van der Waals surface area contributed by atoms with Crippen LogP contribution >= 0.6 is 0 Å². The molecular formula is C105H173F2N16O27+. The summed E-state index contributed by atoms with van der Waals surface area (Å²) in [5.41, 5.74) is 15.7. The number of nitrogens with zero attached hydrogens (tertiary/aromatic N) is 3. The molecule has 43 nitrogen and oxygen atoms in total. The summed E-state index contributed by atoms with van der Waals surface area (Å²) >= 11 is 0. The summed E-state index contributed by atoms with van der Waals surface area (Å²) in [5, 5.41) is 39.1. The van der Waals surface area contributed by atoms with Gasteiger partial charge < -0.3 is 144 Å². The zero-order valence-electron chi connectivity index (χ0n) is 89.8. The number of fused-ring (bicyclic) bond motifs is 7. The van der Waals surface area contributed by atoms with Gasteiger partial charge in [-0.15, -0.1) is 11.1 Å². The molecule has 6 aliphatic carbocycles. The molecule has 9 aliphatic rings. The zero-order chi connectivity index (χ0) is 108. The van der Waals surface area contributed by atoms with Gasteiger partial charge in [0.2, 0.25) is 41.2 Å². The molecule has 0 radical (unpaired) electrons. The topological polar surface area (TPSA) is 515 Å². The number of primary amides is 1. The van der Waals surface area contributed by atoms with Crippen molar-refractivity contribution in [2.24, 2.45) is 40.2 Å². The Bertz CT molecular complexity index is 4490. The molecular weight excluding hydrogens is 1960 g/mol. The number of nitrogens with one attached hydrogen (secondary N) is 12. The van der Waals surface area contributed by atoms with Crippen molar-refractivity contribution in [3.8, 4) is 5.75 Å². The third kappa shape index (κ3) is 37.9. The van der Waals surface area contributed by atoms with Crippen molar-refractivity contribution in [3.63, 3.8) is 0 Å². The largest absolute Gasteiger partial charge is 0.486 e. The van der Waals surface area contributed by atoms with E-state index in [-0.39, 0.29) is 178 Å². The Kier molecular flexibility index (Phi) is 53.1. The molecule has 1 aromatic carbocycles. The van der Waals surface area contributed by atoms with Crippen molar-refractivity contribution < 1.29 is 142 Å². The first-order valence-corrected chi connectivity index (χ1v) is 54.2. The van der Waals surface area contributed by atoms with Crippen LogP contribution in [0.2, 0.25) is 0 Å². The number of hydrogen-bond acceptors (Lipinski definition) is 34. The average molecular weight is 2130 g/mol. The number of anilines is 1. The van der Waals surface area contributed by atoms with E-state index in [4.69, 9.17) is 81.5 Å². The van der Waals surface area contributed by atoms with E-state index in [1.807, 2.05) is 19.0 Å². The number of allylic oxidation sites excluding steroid dienone is 6. The fraction of sp³-hybridized carbons (Fsp3) is 0.771. The van der Waals surface area contributed by atoms with Crippen LogP contribution in [0.15, 0.2) is 70.9 Å². The van der Waals surface area contributed by atoms with Gasteiger partial charge in [-0.2, -0.15) is 0 Å². The number of ketones is 3. The van der Waals surface area contributed by atoms with E-state index in [1.54, 1.807) is 32.9 Å². The minimum Gasteiger partial charge on any atom is -0.486 e. The number of benzene rings is 1. The van der Waals surface area contributed by atoms with Gasteiger partial charge in [-0.1, -0.05) is 65.9 Å². The Hall–Kier alpha value is -8.66. The molecule has 848 valence electrons. The highest BCUT2D eigenvalue weighted by atomic mass is 19.1. The van der Waals surface area contributed by atoms with E-state index in [9.17, 15) is 48.3 Å². The molecule has 0 spiro atoms. The lowest BCUT2D eigenvalue weighted by Gasteiger charge is -2.63. The Morgan fingerprint density at radius 1 is 0.587 bits per heavy atom. The Labute approximate surface area is 882 Å². The summed E-state index contributed by atoms with van der Waals surface area (Å²) in [6, 6.07) is 3.02. The minimum absolute atomic E-state index is 0.0177. The van der Waals surface area contributed by atoms with Crippen LogP contribution in [-0.4, -0.2) is 384 Å². The number of aliphatic hydroxyl groups excluding tert-OH is 1. The quantitative estimate of drug-likeness (QED) is 0.0313. The maximum atomic E-state index is 18.2. The van der Waals surface area contributed by atoms with Gasteiger partial charge >= 0.3 is 6.03 Å². The molecule has 15 N–H and O–H groups in total. The Morgan fingerprint density at radius 2 is 1.11 bits per heavy atom. The highest BCUT2D eigenvalue weighted by Crippen LogP contribution is 2.72. The highest BCUT2D eigenvalue weighted by molar-refractivity contribution is 6.02. The predicted molar refractivity (Wildman–Crippen MR) is 549 cm³/mol. The number of ether oxygens (including phenoxy) is 16. The smallest absolute Gasteiger partial charge is 0.312 e. The van der Waals surface area contributed by atoms with E-state index in [0.717, 1.165) is 104 Å². The maximum absolute atomic E-state index is 18.2. The number of aliphatic hydroxyl groups is 1. The second-order valence-electron chi connectivity index (χ2n) is 41.4. The number of quaternary nitrogens is 1. The molecule has 10 rings (SSSR count). The highest BCUT2D eigenvalue weighted by Gasteiger charge is 2.80. The normalized spacial score (nSPS) is 24.5. The number of carbonyl (C=O) groups is 10. The van der Waals surface area contributed by atoms with Crippen molar-refractivity contribution in [2.75, 3.05) is 251 Å². The van der Waals surface area contributed by atoms with Gasteiger partial charge in [0.15, 0.2) is 29.1 Å². The van der Waals surface area contributed by atoms with E-state index in [0.29, 0.717) is 151 Å². The summed E-state index contributed by atoms with van der Waals surface area (Å²) in [5.74, 6) is -7.00. The molecule has 8 amide bonds. The van der Waals surface area contributed by atoms with Crippen molar-refractivity contribution in [2.45, 2.75) is 243 Å². The van der Waals surface area contributed by atoms with Crippen LogP contribution in [0.4, 0.5) is 19.3 Å². The summed E-state index contributed by atoms with van der Waals surface area (Å²) in [6.45, 7) is 19.7. The third-order valence-electron chi connectivity index (χ3n) is 29.1. The standard InChI is InChI=1S/C105H172F2N16O27/c1-10-20-95-149-90-68-78-79-67-81(106)80-66-76(124)31-34-102(80,4)104(79,107)88(126)69-103(78,5)105(90,150-95)89(127)70-146-77-29-27-75(28-30-77)114-99(132)74(21-19-36-113-101(108)134)65-85(125)96(73(2)3)116-100(133)82(22-17-18-35-110-93(130)71-147-86-25-15-11-13-23-83-97(86)117-119-121(83)41-48-140-54-60-145-64-62-141-55-49-135-43-32-91(128)111-37-42-123(7,8)9)115-92(129)33-44-136-50-56-142-61-63-144-58-52-138-46-39-112-94(131)72-148-87-26-16-12-14-24-84-98(87)118-120-122(84)40-47-139-53-59-143-57-51-137-45-38-109-6/h27-31,34,66,73-74,78-79,81-82,86-88,90,95-96,109,117-120,126H,10-26,32-33,35-65,67-72H2,1-9H3,(H8-,108,110,111,112,113,114,115,116,128,129,130,131,132,133,134)/p+1/t74-,78+,79+,81+,82-,86?,87?,88+,90-,95?,96+,102+,103+,104+,105-/m1/s1. The first kappa shape index (κ1) is 123. The molecule has 3 aliphatic heterocycles. The number of amides is 8. The number of urea groups is 1. The lowest BCUT2D eigenvalue weighted by molar-refractivity contribution is -0.869. The van der Waals surface area contributed by atoms with E-state index in [1.165, 1.54) is 31.2 Å². The van der Waals surface area contributed by atoms with E-state index >= 15 is 13.6 Å². The van der Waals surface area contributed by atoms with Crippen molar-refractivity contribution in [1.82, 2.24) is 69.2 Å². The molecule has 150 heavy (non-hydrogen) atoms. The molecule has 3 saturated carbocycles. The number of nitrogens with two attached hydrogens (primary N) is 1. The first-order valence-electron chi connectivity index (χ1n) is 54.2. The number of unbranched alkanes of at least 4 members (excludes halogenated alkanes) is 1. The SMILES string of the molecule is CCCC1O[C@@H]2C[C@H]3[C@@H]4C[C@H](F)C5=CC(=O)C=C[C@]5(C)[C@@]4(F)[C@@H](O)C[C@]3(C)[C@]2(C(=O)COc2ccc(NC(=O)[C@H](CCCNC(N)=O)CC(=O)[C@@H](NC(=O)[C@@H](CCCCNC(=O)COC3CCCCCC4=C3NNN4CCOCCOCCOCCOCCC(=O)NCC[N+](C)(C)C)NC(=O)CCOCCOCCOCCOCCNC(=O)COC3CCCCCC4=C3NNN4CCOCCOCCOCCNC)C(C)C)cc2)O1. The molecule has 1 saturated heterocycles. The Balaban J connectivity index is 0.666. The van der Waals surface area contributed by atoms with Gasteiger partial charge in [0.1, 0.15) is 50.0 Å². The van der Waals surface area contributed by atoms with Gasteiger partial charge in [0.25, 0.3) is 0 Å². The molecule has 4 fully saturated rings. The fourth-order valence-corrected chi connectivity index (χ4v) is 21.1. The second kappa shape index (κ2) is 64.6. The van der Waals surface area contributed by atoms with Gasteiger partial charge in [0.05, 0.1) is 234 Å². The zero-order valence-corrected chi connectivity index (χ0v) is 89.8. The predicted octanol–water partition coefficient (Wildman–Crippen LogP) is 4.61. The number of rotatable bonds is 75. The lowest BCUT2D eigenvalue weighted by atomic mass is 9.44. The molecule has 1 aromatic rings. The van der Waals surface area contributed by atoms with Crippen LogP contribution < -0.4 is 74.9 Å². The van der Waals surface area contributed by atoms with E-state index < -0.39 is 136 Å².